The first-order valence-electron chi connectivity index (χ1n) is 22.2. The van der Waals surface area contributed by atoms with Gasteiger partial charge >= 0.3 is 11.9 Å². The molecular weight excluding hydrogens is 645 g/mol. The molecule has 0 fully saturated rings. The number of ether oxygens (including phenoxy) is 2. The average Bonchev–Trinajstić information content (AvgIpc) is 3.15. The highest BCUT2D eigenvalue weighted by Crippen LogP contribution is 2.16. The monoisotopic (exact) mass is 729 g/mol. The molecule has 0 saturated carbocycles. The highest BCUT2D eigenvalue weighted by Gasteiger charge is 2.16. The number of esters is 2. The molecule has 0 amide bonds. The first-order chi connectivity index (χ1) is 25.6. The first-order valence-corrected chi connectivity index (χ1v) is 22.2. The molecular formula is C47H84O5. The van der Waals surface area contributed by atoms with Crippen LogP contribution in [0, 0.1) is 0 Å². The van der Waals surface area contributed by atoms with Crippen molar-refractivity contribution in [2.24, 2.45) is 0 Å². The SMILES string of the molecule is CC/C=C\C/C=C\C/C=C\C/C=C\CCCCC(=O)OC(CO)COC(=O)CCCCCCCCCCCCCCCCCCCCCCCCC. The molecule has 0 aliphatic carbocycles. The Morgan fingerprint density at radius 1 is 0.462 bits per heavy atom. The Morgan fingerprint density at radius 2 is 0.827 bits per heavy atom. The van der Waals surface area contributed by atoms with Crippen LogP contribution in [0.25, 0.3) is 0 Å². The van der Waals surface area contributed by atoms with Crippen LogP contribution in [-0.2, 0) is 19.1 Å². The van der Waals surface area contributed by atoms with Crippen LogP contribution >= 0.6 is 0 Å². The summed E-state index contributed by atoms with van der Waals surface area (Å²) in [4.78, 5) is 24.3. The summed E-state index contributed by atoms with van der Waals surface area (Å²) in [6.07, 6.45) is 54.8. The molecule has 0 rings (SSSR count). The third-order valence-electron chi connectivity index (χ3n) is 9.64. The van der Waals surface area contributed by atoms with E-state index < -0.39 is 6.10 Å². The number of rotatable bonds is 40. The van der Waals surface area contributed by atoms with Crippen molar-refractivity contribution >= 4 is 11.9 Å². The third-order valence-corrected chi connectivity index (χ3v) is 9.64. The Hall–Kier alpha value is -2.14. The molecule has 0 aromatic heterocycles. The molecule has 52 heavy (non-hydrogen) atoms. The van der Waals surface area contributed by atoms with Crippen LogP contribution in [0.5, 0.6) is 0 Å². The van der Waals surface area contributed by atoms with E-state index in [1.807, 2.05) is 0 Å². The van der Waals surface area contributed by atoms with Gasteiger partial charge in [0, 0.05) is 12.8 Å². The van der Waals surface area contributed by atoms with E-state index in [1.165, 1.54) is 128 Å². The van der Waals surface area contributed by atoms with Gasteiger partial charge in [0.2, 0.25) is 0 Å². The number of unbranched alkanes of at least 4 members (excludes halogenated alkanes) is 24. The second kappa shape index (κ2) is 43.3. The highest BCUT2D eigenvalue weighted by molar-refractivity contribution is 5.70. The fourth-order valence-corrected chi connectivity index (χ4v) is 6.31. The van der Waals surface area contributed by atoms with Gasteiger partial charge in [-0.1, -0.05) is 204 Å². The van der Waals surface area contributed by atoms with Crippen molar-refractivity contribution in [1.82, 2.24) is 0 Å². The van der Waals surface area contributed by atoms with Crippen LogP contribution in [0.3, 0.4) is 0 Å². The molecule has 0 aromatic carbocycles. The van der Waals surface area contributed by atoms with Gasteiger partial charge in [0.1, 0.15) is 6.61 Å². The number of aliphatic hydroxyl groups is 1. The predicted molar refractivity (Wildman–Crippen MR) is 224 cm³/mol. The number of carbonyl (C=O) groups is 2. The van der Waals surface area contributed by atoms with Crippen molar-refractivity contribution in [1.29, 1.82) is 0 Å². The summed E-state index contributed by atoms with van der Waals surface area (Å²) in [5.41, 5.74) is 0. The van der Waals surface area contributed by atoms with Crippen LogP contribution in [0.1, 0.15) is 219 Å². The van der Waals surface area contributed by atoms with E-state index >= 15 is 0 Å². The maximum absolute atomic E-state index is 12.2. The van der Waals surface area contributed by atoms with E-state index in [0.29, 0.717) is 12.8 Å². The quantitative estimate of drug-likeness (QED) is 0.0386. The first kappa shape index (κ1) is 49.9. The average molecular weight is 729 g/mol. The molecule has 1 atom stereocenters. The van der Waals surface area contributed by atoms with Gasteiger partial charge in [0.15, 0.2) is 6.10 Å². The number of hydrogen-bond acceptors (Lipinski definition) is 5. The van der Waals surface area contributed by atoms with Crippen LogP contribution in [0.15, 0.2) is 48.6 Å². The zero-order valence-electron chi connectivity index (χ0n) is 34.3. The number of carbonyl (C=O) groups excluding carboxylic acids is 2. The van der Waals surface area contributed by atoms with Crippen LogP contribution in [0.2, 0.25) is 0 Å². The van der Waals surface area contributed by atoms with Crippen LogP contribution < -0.4 is 0 Å². The lowest BCUT2D eigenvalue weighted by Crippen LogP contribution is -2.28. The topological polar surface area (TPSA) is 72.8 Å². The summed E-state index contributed by atoms with van der Waals surface area (Å²) in [6.45, 7) is 4.00. The van der Waals surface area contributed by atoms with Crippen molar-refractivity contribution in [3.05, 3.63) is 48.6 Å². The Morgan fingerprint density at radius 3 is 1.25 bits per heavy atom. The number of aliphatic hydroxyl groups excluding tert-OH is 1. The lowest BCUT2D eigenvalue weighted by molar-refractivity contribution is -0.161. The van der Waals surface area contributed by atoms with Crippen LogP contribution in [-0.4, -0.2) is 36.4 Å². The van der Waals surface area contributed by atoms with E-state index in [-0.39, 0.29) is 25.2 Å². The highest BCUT2D eigenvalue weighted by atomic mass is 16.6. The molecule has 1 unspecified atom stereocenters. The van der Waals surface area contributed by atoms with E-state index in [9.17, 15) is 14.7 Å². The van der Waals surface area contributed by atoms with E-state index in [4.69, 9.17) is 9.47 Å². The van der Waals surface area contributed by atoms with Crippen molar-refractivity contribution in [2.75, 3.05) is 13.2 Å². The molecule has 0 spiro atoms. The lowest BCUT2D eigenvalue weighted by atomic mass is 10.0. The molecule has 0 radical (unpaired) electrons. The van der Waals surface area contributed by atoms with Gasteiger partial charge in [0.05, 0.1) is 6.61 Å². The second-order valence-corrected chi connectivity index (χ2v) is 14.8. The smallest absolute Gasteiger partial charge is 0.306 e. The maximum atomic E-state index is 12.2. The summed E-state index contributed by atoms with van der Waals surface area (Å²) in [5, 5.41) is 9.57. The zero-order chi connectivity index (χ0) is 37.8. The summed E-state index contributed by atoms with van der Waals surface area (Å²) in [7, 11) is 0. The summed E-state index contributed by atoms with van der Waals surface area (Å²) in [5.74, 6) is -0.633. The van der Waals surface area contributed by atoms with Gasteiger partial charge in [0.25, 0.3) is 0 Å². The molecule has 5 nitrogen and oxygen atoms in total. The number of allylic oxidation sites excluding steroid dienone is 8. The van der Waals surface area contributed by atoms with Crippen molar-refractivity contribution in [3.63, 3.8) is 0 Å². The minimum atomic E-state index is -0.792. The third kappa shape index (κ3) is 40.6. The van der Waals surface area contributed by atoms with E-state index in [2.05, 4.69) is 62.5 Å². The van der Waals surface area contributed by atoms with Gasteiger partial charge in [-0.25, -0.2) is 0 Å². The molecule has 0 bridgehead atoms. The second-order valence-electron chi connectivity index (χ2n) is 14.8. The fraction of sp³-hybridized carbons (Fsp3) is 0.787. The molecule has 302 valence electrons. The van der Waals surface area contributed by atoms with Gasteiger partial charge < -0.3 is 14.6 Å². The molecule has 1 N–H and O–H groups in total. The predicted octanol–water partition coefficient (Wildman–Crippen LogP) is 14.2. The summed E-state index contributed by atoms with van der Waals surface area (Å²) in [6, 6.07) is 0. The largest absolute Gasteiger partial charge is 0.462 e. The van der Waals surface area contributed by atoms with Gasteiger partial charge in [-0.3, -0.25) is 9.59 Å². The molecule has 0 saturated heterocycles. The minimum absolute atomic E-state index is 0.0810. The lowest BCUT2D eigenvalue weighted by Gasteiger charge is -2.15. The van der Waals surface area contributed by atoms with Gasteiger partial charge in [-0.15, -0.1) is 0 Å². The summed E-state index contributed by atoms with van der Waals surface area (Å²) < 4.78 is 10.6. The Bertz CT molecular complexity index is 873. The van der Waals surface area contributed by atoms with Crippen molar-refractivity contribution in [3.8, 4) is 0 Å². The van der Waals surface area contributed by atoms with Crippen LogP contribution in [0.4, 0.5) is 0 Å². The maximum Gasteiger partial charge on any atom is 0.306 e. The van der Waals surface area contributed by atoms with E-state index in [1.54, 1.807) is 0 Å². The van der Waals surface area contributed by atoms with Crippen molar-refractivity contribution in [2.45, 2.75) is 225 Å². The summed E-state index contributed by atoms with van der Waals surface area (Å²) >= 11 is 0. The zero-order valence-corrected chi connectivity index (χ0v) is 34.3. The molecule has 0 heterocycles. The fourth-order valence-electron chi connectivity index (χ4n) is 6.31. The molecule has 5 heteroatoms. The Kier molecular flexibility index (Phi) is 41.5. The molecule has 0 aliphatic heterocycles. The normalized spacial score (nSPS) is 12.6. The van der Waals surface area contributed by atoms with Gasteiger partial charge in [-0.05, 0) is 51.4 Å². The Balaban J connectivity index is 3.52. The van der Waals surface area contributed by atoms with E-state index in [0.717, 1.165) is 64.2 Å². The number of hydrogen-bond donors (Lipinski definition) is 1. The minimum Gasteiger partial charge on any atom is -0.462 e. The molecule has 0 aromatic rings. The standard InChI is InChI=1S/C47H84O5/c1-3-5-7-9-11-13-15-17-19-20-21-22-23-24-25-26-28-29-31-33-35-37-39-41-46(49)51-44-45(43-48)52-47(50)42-40-38-36-34-32-30-27-18-16-14-12-10-8-6-4-2/h6,8,12,14,18,27,32,34,45,48H,3-5,7,9-11,13,15-17,19-26,28-31,33,35-44H2,1-2H3/b8-6-,14-12-,27-18-,34-32-. The Labute approximate surface area is 322 Å². The van der Waals surface area contributed by atoms with Gasteiger partial charge in [-0.2, -0.15) is 0 Å². The van der Waals surface area contributed by atoms with Crippen molar-refractivity contribution < 1.29 is 24.2 Å². The molecule has 0 aliphatic rings.